The van der Waals surface area contributed by atoms with Crippen LogP contribution in [0.4, 0.5) is 0 Å². The predicted octanol–water partition coefficient (Wildman–Crippen LogP) is 1.28. The van der Waals surface area contributed by atoms with Crippen molar-refractivity contribution >= 4 is 5.91 Å². The molecule has 4 nitrogen and oxygen atoms in total. The monoisotopic (exact) mass is 243 g/mol. The van der Waals surface area contributed by atoms with Crippen LogP contribution in [0.15, 0.2) is 30.3 Å². The van der Waals surface area contributed by atoms with Crippen molar-refractivity contribution in [2.75, 3.05) is 13.1 Å². The number of rotatable bonds is 5. The van der Waals surface area contributed by atoms with Crippen LogP contribution in [0.25, 0.3) is 0 Å². The van der Waals surface area contributed by atoms with Crippen LogP contribution in [-0.4, -0.2) is 23.9 Å². The van der Waals surface area contributed by atoms with Crippen LogP contribution in [-0.2, 0) is 11.3 Å². The molecule has 1 aromatic carbocycles. The molecule has 2 rings (SSSR count). The van der Waals surface area contributed by atoms with Crippen molar-refractivity contribution in [3.8, 4) is 6.07 Å². The van der Waals surface area contributed by atoms with Crippen molar-refractivity contribution in [2.45, 2.75) is 19.4 Å². The van der Waals surface area contributed by atoms with E-state index in [1.54, 1.807) is 4.90 Å². The van der Waals surface area contributed by atoms with Crippen LogP contribution in [0, 0.1) is 16.7 Å². The molecular formula is C14H17N3O. The predicted molar refractivity (Wildman–Crippen MR) is 68.2 cm³/mol. The molecule has 2 N–H and O–H groups in total. The molecule has 0 spiro atoms. The van der Waals surface area contributed by atoms with Gasteiger partial charge in [0.25, 0.3) is 0 Å². The van der Waals surface area contributed by atoms with Gasteiger partial charge in [-0.25, -0.2) is 0 Å². The smallest absolute Gasteiger partial charge is 0.231 e. The average Bonchev–Trinajstić information content (AvgIpc) is 3.20. The summed E-state index contributed by atoms with van der Waals surface area (Å²) in [6, 6.07) is 11.8. The van der Waals surface area contributed by atoms with Gasteiger partial charge < -0.3 is 10.6 Å². The maximum absolute atomic E-state index is 12.3. The second kappa shape index (κ2) is 5.19. The van der Waals surface area contributed by atoms with Gasteiger partial charge in [0.05, 0.1) is 11.5 Å². The number of nitrogens with two attached hydrogens (primary N) is 1. The second-order valence-electron chi connectivity index (χ2n) is 4.79. The van der Waals surface area contributed by atoms with Crippen molar-refractivity contribution in [1.82, 2.24) is 4.90 Å². The third-order valence-electron chi connectivity index (χ3n) is 3.46. The van der Waals surface area contributed by atoms with E-state index in [1.807, 2.05) is 30.3 Å². The van der Waals surface area contributed by atoms with Crippen molar-refractivity contribution in [3.05, 3.63) is 35.9 Å². The SMILES string of the molecule is N#CCN(Cc1ccccc1)C(=O)C1(CN)CC1. The molecule has 0 saturated heterocycles. The Morgan fingerprint density at radius 2 is 2.06 bits per heavy atom. The number of benzene rings is 1. The first-order valence-electron chi connectivity index (χ1n) is 6.12. The summed E-state index contributed by atoms with van der Waals surface area (Å²) < 4.78 is 0. The number of hydrogen-bond donors (Lipinski definition) is 1. The molecule has 0 aliphatic heterocycles. The van der Waals surface area contributed by atoms with Crippen molar-refractivity contribution < 1.29 is 4.79 Å². The normalized spacial score (nSPS) is 15.8. The lowest BCUT2D eigenvalue weighted by atomic mass is 10.1. The zero-order valence-corrected chi connectivity index (χ0v) is 10.3. The highest BCUT2D eigenvalue weighted by Crippen LogP contribution is 2.46. The Labute approximate surface area is 107 Å². The van der Waals surface area contributed by atoms with E-state index in [2.05, 4.69) is 6.07 Å². The van der Waals surface area contributed by atoms with Crippen LogP contribution in [0.1, 0.15) is 18.4 Å². The first kappa shape index (κ1) is 12.6. The molecule has 0 aromatic heterocycles. The molecule has 0 unspecified atom stereocenters. The van der Waals surface area contributed by atoms with Crippen LogP contribution < -0.4 is 5.73 Å². The van der Waals surface area contributed by atoms with E-state index >= 15 is 0 Å². The van der Waals surface area contributed by atoms with Crippen molar-refractivity contribution in [3.63, 3.8) is 0 Å². The number of nitrogens with zero attached hydrogens (tertiary/aromatic N) is 2. The fourth-order valence-electron chi connectivity index (χ4n) is 2.08. The van der Waals surface area contributed by atoms with Crippen LogP contribution in [0.2, 0.25) is 0 Å². The standard InChI is InChI=1S/C14H17N3O/c15-8-9-17(10-12-4-2-1-3-5-12)13(18)14(11-16)6-7-14/h1-5H,6-7,9-11,16H2. The molecule has 1 saturated carbocycles. The van der Waals surface area contributed by atoms with E-state index in [-0.39, 0.29) is 17.9 Å². The minimum Gasteiger partial charge on any atom is -0.329 e. The fourth-order valence-corrected chi connectivity index (χ4v) is 2.08. The minimum atomic E-state index is -0.383. The summed E-state index contributed by atoms with van der Waals surface area (Å²) in [6.45, 7) is 0.979. The molecule has 1 aliphatic carbocycles. The van der Waals surface area contributed by atoms with Gasteiger partial charge in [-0.2, -0.15) is 5.26 Å². The summed E-state index contributed by atoms with van der Waals surface area (Å²) in [6.07, 6.45) is 1.69. The summed E-state index contributed by atoms with van der Waals surface area (Å²) in [4.78, 5) is 14.0. The quantitative estimate of drug-likeness (QED) is 0.792. The highest BCUT2D eigenvalue weighted by Gasteiger charge is 2.50. The Bertz CT molecular complexity index is 460. The van der Waals surface area contributed by atoms with Gasteiger partial charge in [0.2, 0.25) is 5.91 Å². The van der Waals surface area contributed by atoms with E-state index in [4.69, 9.17) is 11.0 Å². The van der Waals surface area contributed by atoms with Gasteiger partial charge in [0.15, 0.2) is 0 Å². The van der Waals surface area contributed by atoms with Crippen molar-refractivity contribution in [2.24, 2.45) is 11.1 Å². The van der Waals surface area contributed by atoms with Gasteiger partial charge in [-0.1, -0.05) is 30.3 Å². The Kier molecular flexibility index (Phi) is 3.63. The summed E-state index contributed by atoms with van der Waals surface area (Å²) in [7, 11) is 0. The van der Waals surface area contributed by atoms with E-state index < -0.39 is 0 Å². The zero-order valence-electron chi connectivity index (χ0n) is 10.3. The van der Waals surface area contributed by atoms with E-state index in [0.29, 0.717) is 13.1 Å². The molecule has 1 aliphatic rings. The second-order valence-corrected chi connectivity index (χ2v) is 4.79. The summed E-state index contributed by atoms with van der Waals surface area (Å²) in [5, 5.41) is 8.85. The van der Waals surface area contributed by atoms with E-state index in [0.717, 1.165) is 18.4 Å². The van der Waals surface area contributed by atoms with Gasteiger partial charge in [-0.3, -0.25) is 4.79 Å². The van der Waals surface area contributed by atoms with Crippen molar-refractivity contribution in [1.29, 1.82) is 5.26 Å². The third-order valence-corrected chi connectivity index (χ3v) is 3.46. The molecule has 1 fully saturated rings. The van der Waals surface area contributed by atoms with Crippen LogP contribution in [0.3, 0.4) is 0 Å². The van der Waals surface area contributed by atoms with Gasteiger partial charge in [0.1, 0.15) is 6.54 Å². The Balaban J connectivity index is 2.09. The molecule has 1 amide bonds. The Morgan fingerprint density at radius 1 is 1.39 bits per heavy atom. The maximum atomic E-state index is 12.3. The first-order valence-corrected chi connectivity index (χ1v) is 6.12. The fraction of sp³-hybridized carbons (Fsp3) is 0.429. The maximum Gasteiger partial charge on any atom is 0.231 e. The Morgan fingerprint density at radius 3 is 2.56 bits per heavy atom. The van der Waals surface area contributed by atoms with Gasteiger partial charge in [0, 0.05) is 13.1 Å². The topological polar surface area (TPSA) is 70.1 Å². The number of hydrogen-bond acceptors (Lipinski definition) is 3. The summed E-state index contributed by atoms with van der Waals surface area (Å²) in [5.74, 6) is 0.0235. The number of carbonyl (C=O) groups excluding carboxylic acids is 1. The van der Waals surface area contributed by atoms with Crippen LogP contribution in [0.5, 0.6) is 0 Å². The van der Waals surface area contributed by atoms with Gasteiger partial charge in [-0.15, -0.1) is 0 Å². The summed E-state index contributed by atoms with van der Waals surface area (Å²) in [5.41, 5.74) is 6.32. The zero-order chi connectivity index (χ0) is 13.0. The van der Waals surface area contributed by atoms with Gasteiger partial charge in [-0.05, 0) is 18.4 Å². The molecule has 0 radical (unpaired) electrons. The minimum absolute atomic E-state index is 0.0235. The molecule has 94 valence electrons. The lowest BCUT2D eigenvalue weighted by Gasteiger charge is -2.24. The third kappa shape index (κ3) is 2.52. The molecular weight excluding hydrogens is 226 g/mol. The summed E-state index contributed by atoms with van der Waals surface area (Å²) >= 11 is 0. The molecule has 0 bridgehead atoms. The number of carbonyl (C=O) groups is 1. The lowest BCUT2D eigenvalue weighted by Crippen LogP contribution is -2.40. The number of amides is 1. The van der Waals surface area contributed by atoms with E-state index in [1.165, 1.54) is 0 Å². The van der Waals surface area contributed by atoms with E-state index in [9.17, 15) is 4.79 Å². The lowest BCUT2D eigenvalue weighted by molar-refractivity contribution is -0.136. The number of nitriles is 1. The molecule has 18 heavy (non-hydrogen) atoms. The molecule has 0 atom stereocenters. The van der Waals surface area contributed by atoms with Crippen LogP contribution >= 0.6 is 0 Å². The highest BCUT2D eigenvalue weighted by atomic mass is 16.2. The largest absolute Gasteiger partial charge is 0.329 e. The highest BCUT2D eigenvalue weighted by molar-refractivity contribution is 5.85. The first-order chi connectivity index (χ1) is 8.72. The average molecular weight is 243 g/mol. The molecule has 0 heterocycles. The van der Waals surface area contributed by atoms with Gasteiger partial charge >= 0.3 is 0 Å². The molecule has 1 aromatic rings. The molecule has 4 heteroatoms. The Hall–Kier alpha value is -1.86.